The molecule has 4 nitrogen and oxygen atoms in total. The molecule has 1 fully saturated rings. The molecule has 1 aliphatic rings. The van der Waals surface area contributed by atoms with Crippen LogP contribution in [0, 0.1) is 0 Å². The average Bonchev–Trinajstić information content (AvgIpc) is 2.03. The topological polar surface area (TPSA) is 44.7 Å². The Bertz CT molecular complexity index is 150. The molecule has 0 aromatic heterocycles. The summed E-state index contributed by atoms with van der Waals surface area (Å²) in [5, 5.41) is 11.4. The lowest BCUT2D eigenvalue weighted by Crippen LogP contribution is -2.52. The van der Waals surface area contributed by atoms with Crippen molar-refractivity contribution in [2.45, 2.75) is 45.6 Å². The number of rotatable bonds is 2. The molecule has 0 amide bonds. The molecule has 1 unspecified atom stereocenters. The largest absolute Gasteiger partial charge is 0.355 e. The summed E-state index contributed by atoms with van der Waals surface area (Å²) < 4.78 is 5.40. The van der Waals surface area contributed by atoms with E-state index in [0.29, 0.717) is 0 Å². The van der Waals surface area contributed by atoms with Crippen molar-refractivity contribution >= 4 is 0 Å². The van der Waals surface area contributed by atoms with E-state index in [-0.39, 0.29) is 5.60 Å². The van der Waals surface area contributed by atoms with Crippen LogP contribution >= 0.6 is 0 Å². The molecule has 0 bridgehead atoms. The molecule has 0 saturated carbocycles. The van der Waals surface area contributed by atoms with Crippen molar-refractivity contribution in [2.24, 2.45) is 0 Å². The zero-order valence-electron chi connectivity index (χ0n) is 8.71. The molecule has 2 N–H and O–H groups in total. The van der Waals surface area contributed by atoms with Gasteiger partial charge in [0.15, 0.2) is 0 Å². The number of hydrogen-bond acceptors (Lipinski definition) is 4. The van der Waals surface area contributed by atoms with Crippen molar-refractivity contribution in [2.75, 3.05) is 13.1 Å². The average molecular weight is 188 g/mol. The van der Waals surface area contributed by atoms with Gasteiger partial charge >= 0.3 is 0 Å². The van der Waals surface area contributed by atoms with Gasteiger partial charge in [0.05, 0.1) is 5.60 Å². The highest BCUT2D eigenvalue weighted by atomic mass is 16.6. The Morgan fingerprint density at radius 3 is 2.54 bits per heavy atom. The van der Waals surface area contributed by atoms with Gasteiger partial charge in [-0.1, -0.05) is 0 Å². The number of aliphatic hydroxyl groups excluding tert-OH is 1. The van der Waals surface area contributed by atoms with Crippen LogP contribution in [0.3, 0.4) is 0 Å². The van der Waals surface area contributed by atoms with Crippen molar-refractivity contribution in [3.63, 3.8) is 0 Å². The fourth-order valence-corrected chi connectivity index (χ4v) is 1.28. The third-order valence-electron chi connectivity index (χ3n) is 1.87. The number of ether oxygens (including phenoxy) is 1. The highest BCUT2D eigenvalue weighted by Crippen LogP contribution is 2.12. The van der Waals surface area contributed by atoms with Crippen molar-refractivity contribution < 1.29 is 9.84 Å². The van der Waals surface area contributed by atoms with Crippen LogP contribution in [0.15, 0.2) is 0 Å². The molecular formula is C9H20N2O2. The second-order valence-electron chi connectivity index (χ2n) is 4.37. The molecule has 4 heteroatoms. The fourth-order valence-electron chi connectivity index (χ4n) is 1.28. The highest BCUT2D eigenvalue weighted by molar-refractivity contribution is 4.63. The van der Waals surface area contributed by atoms with Crippen LogP contribution < -0.4 is 5.43 Å². The van der Waals surface area contributed by atoms with E-state index >= 15 is 0 Å². The van der Waals surface area contributed by atoms with Crippen molar-refractivity contribution in [3.8, 4) is 0 Å². The lowest BCUT2D eigenvalue weighted by Gasteiger charge is -2.34. The first-order valence-electron chi connectivity index (χ1n) is 4.85. The van der Waals surface area contributed by atoms with Crippen LogP contribution in [0.1, 0.15) is 33.6 Å². The molecule has 1 atom stereocenters. The molecule has 78 valence electrons. The Balaban J connectivity index is 2.33. The standard InChI is InChI=1S/C9H20N2O2/c1-9(2,3)13-8(12)11-7-5-4-6-10-11/h8,10,12H,4-7H2,1-3H3. The lowest BCUT2D eigenvalue weighted by atomic mass is 10.2. The minimum atomic E-state index is -0.833. The van der Waals surface area contributed by atoms with Gasteiger partial charge in [0, 0.05) is 13.1 Å². The van der Waals surface area contributed by atoms with E-state index in [1.165, 1.54) is 6.42 Å². The summed E-state index contributed by atoms with van der Waals surface area (Å²) in [7, 11) is 0. The summed E-state index contributed by atoms with van der Waals surface area (Å²) >= 11 is 0. The van der Waals surface area contributed by atoms with E-state index in [2.05, 4.69) is 5.43 Å². The van der Waals surface area contributed by atoms with Crippen LogP contribution in [0.25, 0.3) is 0 Å². The van der Waals surface area contributed by atoms with Crippen LogP contribution in [0.4, 0.5) is 0 Å². The molecule has 0 spiro atoms. The maximum atomic E-state index is 9.65. The van der Waals surface area contributed by atoms with Crippen molar-refractivity contribution in [3.05, 3.63) is 0 Å². The van der Waals surface area contributed by atoms with E-state index in [0.717, 1.165) is 19.5 Å². The van der Waals surface area contributed by atoms with Gasteiger partial charge in [0.25, 0.3) is 0 Å². The van der Waals surface area contributed by atoms with Gasteiger partial charge in [-0.2, -0.15) is 5.01 Å². The number of nitrogens with zero attached hydrogens (tertiary/aromatic N) is 1. The van der Waals surface area contributed by atoms with Crippen LogP contribution in [0.5, 0.6) is 0 Å². The van der Waals surface area contributed by atoms with Gasteiger partial charge in [0.1, 0.15) is 0 Å². The fraction of sp³-hybridized carbons (Fsp3) is 1.00. The van der Waals surface area contributed by atoms with E-state index in [1.807, 2.05) is 20.8 Å². The highest BCUT2D eigenvalue weighted by Gasteiger charge is 2.23. The summed E-state index contributed by atoms with van der Waals surface area (Å²) in [4.78, 5) is 0. The van der Waals surface area contributed by atoms with Crippen molar-refractivity contribution in [1.82, 2.24) is 10.4 Å². The smallest absolute Gasteiger partial charge is 0.229 e. The van der Waals surface area contributed by atoms with Crippen LogP contribution in [-0.4, -0.2) is 35.2 Å². The molecule has 1 heterocycles. The molecule has 0 aromatic rings. The van der Waals surface area contributed by atoms with Crippen LogP contribution in [0.2, 0.25) is 0 Å². The zero-order valence-corrected chi connectivity index (χ0v) is 8.71. The van der Waals surface area contributed by atoms with E-state index in [4.69, 9.17) is 4.74 Å². The minimum absolute atomic E-state index is 0.307. The molecule has 13 heavy (non-hydrogen) atoms. The lowest BCUT2D eigenvalue weighted by molar-refractivity contribution is -0.255. The Kier molecular flexibility index (Phi) is 3.67. The van der Waals surface area contributed by atoms with Gasteiger partial charge in [-0.3, -0.25) is 5.43 Å². The minimum Gasteiger partial charge on any atom is -0.355 e. The maximum Gasteiger partial charge on any atom is 0.229 e. The SMILES string of the molecule is CC(C)(C)OC(O)N1CCCCN1. The number of nitrogens with one attached hydrogen (secondary N) is 1. The summed E-state index contributed by atoms with van der Waals surface area (Å²) in [5.41, 5.74) is 2.79. The first-order valence-corrected chi connectivity index (χ1v) is 4.85. The second-order valence-corrected chi connectivity index (χ2v) is 4.37. The van der Waals surface area contributed by atoms with E-state index in [9.17, 15) is 5.11 Å². The first kappa shape index (κ1) is 10.9. The third kappa shape index (κ3) is 4.04. The summed E-state index contributed by atoms with van der Waals surface area (Å²) in [6.45, 7) is 7.56. The summed E-state index contributed by atoms with van der Waals surface area (Å²) in [6, 6.07) is 0. The van der Waals surface area contributed by atoms with Gasteiger partial charge in [-0.25, -0.2) is 0 Å². The molecule has 0 aliphatic carbocycles. The summed E-state index contributed by atoms with van der Waals surface area (Å²) in [5.74, 6) is 0. The predicted octanol–water partition coefficient (Wildman–Crippen LogP) is 0.678. The molecule has 1 aliphatic heterocycles. The molecular weight excluding hydrogens is 168 g/mol. The normalized spacial score (nSPS) is 23.1. The van der Waals surface area contributed by atoms with Gasteiger partial charge in [-0.05, 0) is 33.6 Å². The zero-order chi connectivity index (χ0) is 9.90. The Labute approximate surface area is 79.8 Å². The van der Waals surface area contributed by atoms with Gasteiger partial charge in [-0.15, -0.1) is 0 Å². The van der Waals surface area contributed by atoms with Crippen molar-refractivity contribution in [1.29, 1.82) is 0 Å². The Morgan fingerprint density at radius 1 is 1.38 bits per heavy atom. The molecule has 1 saturated heterocycles. The summed E-state index contributed by atoms with van der Waals surface area (Å²) in [6.07, 6.45) is 1.44. The predicted molar refractivity (Wildman–Crippen MR) is 50.8 cm³/mol. The molecule has 1 rings (SSSR count). The monoisotopic (exact) mass is 188 g/mol. The first-order chi connectivity index (χ1) is 5.99. The van der Waals surface area contributed by atoms with E-state index < -0.39 is 6.41 Å². The third-order valence-corrected chi connectivity index (χ3v) is 1.87. The second kappa shape index (κ2) is 4.37. The molecule has 0 radical (unpaired) electrons. The quantitative estimate of drug-likeness (QED) is 0.625. The van der Waals surface area contributed by atoms with E-state index in [1.54, 1.807) is 5.01 Å². The van der Waals surface area contributed by atoms with Crippen LogP contribution in [-0.2, 0) is 4.74 Å². The van der Waals surface area contributed by atoms with Gasteiger partial charge < -0.3 is 9.84 Å². The number of hydrazine groups is 1. The van der Waals surface area contributed by atoms with Gasteiger partial charge in [0.2, 0.25) is 6.41 Å². The maximum absolute atomic E-state index is 9.65. The Morgan fingerprint density at radius 2 is 2.08 bits per heavy atom. The number of aliphatic hydroxyl groups is 1. The number of hydrogen-bond donors (Lipinski definition) is 2. The Hall–Kier alpha value is -0.160. The molecule has 0 aromatic carbocycles.